The number of amides is 1. The van der Waals surface area contributed by atoms with Gasteiger partial charge in [-0.3, -0.25) is 4.79 Å². The number of nitrogens with one attached hydrogen (secondary N) is 2. The van der Waals surface area contributed by atoms with E-state index in [0.717, 1.165) is 12.1 Å². The Balaban J connectivity index is 2.40. The van der Waals surface area contributed by atoms with E-state index in [2.05, 4.69) is 24.5 Å². The molecule has 0 unspecified atom stereocenters. The number of carbonyl (C=O) groups is 1. The van der Waals surface area contributed by atoms with Crippen molar-refractivity contribution in [3.8, 4) is 0 Å². The maximum absolute atomic E-state index is 11.8. The molecule has 0 aliphatic carbocycles. The Morgan fingerprint density at radius 2 is 1.83 bits per heavy atom. The molecule has 0 heterocycles. The van der Waals surface area contributed by atoms with Gasteiger partial charge in [0.1, 0.15) is 0 Å². The van der Waals surface area contributed by atoms with Crippen LogP contribution in [0.25, 0.3) is 0 Å². The Labute approximate surface area is 114 Å². The largest absolute Gasteiger partial charge is 0.355 e. The third kappa shape index (κ3) is 5.52. The highest BCUT2D eigenvalue weighted by atomic mass is 35.5. The SMILES string of the molecule is CNCC(C)(C)CNC(=O)Cc1ccc(Cl)cc1. The highest BCUT2D eigenvalue weighted by Gasteiger charge is 2.17. The van der Waals surface area contributed by atoms with Crippen molar-refractivity contribution in [1.29, 1.82) is 0 Å². The van der Waals surface area contributed by atoms with E-state index in [4.69, 9.17) is 11.6 Å². The van der Waals surface area contributed by atoms with Crippen LogP contribution >= 0.6 is 11.6 Å². The van der Waals surface area contributed by atoms with Crippen molar-refractivity contribution in [2.75, 3.05) is 20.1 Å². The van der Waals surface area contributed by atoms with Gasteiger partial charge >= 0.3 is 0 Å². The van der Waals surface area contributed by atoms with Gasteiger partial charge in [-0.05, 0) is 30.2 Å². The van der Waals surface area contributed by atoms with Crippen LogP contribution in [-0.2, 0) is 11.2 Å². The maximum Gasteiger partial charge on any atom is 0.224 e. The van der Waals surface area contributed by atoms with Crippen molar-refractivity contribution in [2.45, 2.75) is 20.3 Å². The molecule has 0 saturated heterocycles. The number of benzene rings is 1. The first-order chi connectivity index (χ1) is 8.43. The van der Waals surface area contributed by atoms with Gasteiger partial charge in [0.15, 0.2) is 0 Å². The van der Waals surface area contributed by atoms with Crippen molar-refractivity contribution in [3.63, 3.8) is 0 Å². The molecule has 100 valence electrons. The molecule has 3 nitrogen and oxygen atoms in total. The summed E-state index contributed by atoms with van der Waals surface area (Å²) in [6.07, 6.45) is 0.396. The lowest BCUT2D eigenvalue weighted by Crippen LogP contribution is -2.39. The first-order valence-corrected chi connectivity index (χ1v) is 6.46. The lowest BCUT2D eigenvalue weighted by atomic mass is 9.93. The smallest absolute Gasteiger partial charge is 0.224 e. The van der Waals surface area contributed by atoms with Crippen LogP contribution in [0.3, 0.4) is 0 Å². The molecule has 0 saturated carbocycles. The molecule has 0 bridgehead atoms. The lowest BCUT2D eigenvalue weighted by Gasteiger charge is -2.24. The molecule has 2 N–H and O–H groups in total. The standard InChI is InChI=1S/C14H21ClN2O/c1-14(2,9-16-3)10-17-13(18)8-11-4-6-12(15)7-5-11/h4-7,16H,8-10H2,1-3H3,(H,17,18). The minimum Gasteiger partial charge on any atom is -0.355 e. The van der Waals surface area contributed by atoms with Gasteiger partial charge in [0, 0.05) is 18.1 Å². The number of hydrogen-bond donors (Lipinski definition) is 2. The molecule has 0 atom stereocenters. The summed E-state index contributed by atoms with van der Waals surface area (Å²) in [5.41, 5.74) is 1.04. The number of carbonyl (C=O) groups excluding carboxylic acids is 1. The highest BCUT2D eigenvalue weighted by molar-refractivity contribution is 6.30. The van der Waals surface area contributed by atoms with Crippen LogP contribution in [0.15, 0.2) is 24.3 Å². The first kappa shape index (κ1) is 15.0. The zero-order chi connectivity index (χ0) is 13.6. The van der Waals surface area contributed by atoms with Crippen LogP contribution in [0.5, 0.6) is 0 Å². The second kappa shape index (κ2) is 6.76. The van der Waals surface area contributed by atoms with Crippen LogP contribution in [0, 0.1) is 5.41 Å². The second-order valence-electron chi connectivity index (χ2n) is 5.27. The van der Waals surface area contributed by atoms with Crippen molar-refractivity contribution in [3.05, 3.63) is 34.9 Å². The summed E-state index contributed by atoms with van der Waals surface area (Å²) in [4.78, 5) is 11.8. The Kier molecular flexibility index (Phi) is 5.63. The molecule has 4 heteroatoms. The van der Waals surface area contributed by atoms with Crippen LogP contribution in [0.2, 0.25) is 5.02 Å². The van der Waals surface area contributed by atoms with Crippen LogP contribution in [0.1, 0.15) is 19.4 Å². The summed E-state index contributed by atoms with van der Waals surface area (Å²) in [6.45, 7) is 5.77. The molecule has 0 aromatic heterocycles. The van der Waals surface area contributed by atoms with E-state index in [9.17, 15) is 4.79 Å². The predicted octanol–water partition coefficient (Wildman–Crippen LogP) is 2.24. The Bertz CT molecular complexity index is 387. The first-order valence-electron chi connectivity index (χ1n) is 6.09. The summed E-state index contributed by atoms with van der Waals surface area (Å²) in [7, 11) is 1.91. The molecule has 1 aromatic carbocycles. The summed E-state index contributed by atoms with van der Waals surface area (Å²) in [5.74, 6) is 0.0431. The molecule has 0 aliphatic rings. The Morgan fingerprint density at radius 3 is 2.39 bits per heavy atom. The predicted molar refractivity (Wildman–Crippen MR) is 75.9 cm³/mol. The average molecular weight is 269 g/mol. The number of halogens is 1. The fourth-order valence-corrected chi connectivity index (χ4v) is 1.86. The number of rotatable bonds is 6. The summed E-state index contributed by atoms with van der Waals surface area (Å²) < 4.78 is 0. The van der Waals surface area contributed by atoms with E-state index in [1.54, 1.807) is 12.1 Å². The normalized spacial score (nSPS) is 11.3. The maximum atomic E-state index is 11.8. The van der Waals surface area contributed by atoms with E-state index < -0.39 is 0 Å². The summed E-state index contributed by atoms with van der Waals surface area (Å²) in [5, 5.41) is 6.77. The zero-order valence-electron chi connectivity index (χ0n) is 11.2. The van der Waals surface area contributed by atoms with E-state index in [1.807, 2.05) is 19.2 Å². The quantitative estimate of drug-likeness (QED) is 0.831. The summed E-state index contributed by atoms with van der Waals surface area (Å²) >= 11 is 5.80. The van der Waals surface area contributed by atoms with Gasteiger partial charge in [0.25, 0.3) is 0 Å². The van der Waals surface area contributed by atoms with Crippen molar-refractivity contribution >= 4 is 17.5 Å². The van der Waals surface area contributed by atoms with Gasteiger partial charge in [-0.25, -0.2) is 0 Å². The molecule has 18 heavy (non-hydrogen) atoms. The molecule has 0 spiro atoms. The molecular weight excluding hydrogens is 248 g/mol. The lowest BCUT2D eigenvalue weighted by molar-refractivity contribution is -0.120. The molecule has 1 aromatic rings. The minimum absolute atomic E-state index is 0.0431. The molecule has 1 amide bonds. The number of hydrogen-bond acceptors (Lipinski definition) is 2. The van der Waals surface area contributed by atoms with Gasteiger partial charge in [-0.15, -0.1) is 0 Å². The van der Waals surface area contributed by atoms with E-state index in [-0.39, 0.29) is 11.3 Å². The highest BCUT2D eigenvalue weighted by Crippen LogP contribution is 2.12. The topological polar surface area (TPSA) is 41.1 Å². The fourth-order valence-electron chi connectivity index (χ4n) is 1.73. The van der Waals surface area contributed by atoms with Gasteiger partial charge < -0.3 is 10.6 Å². The second-order valence-corrected chi connectivity index (χ2v) is 5.71. The van der Waals surface area contributed by atoms with Crippen molar-refractivity contribution < 1.29 is 4.79 Å². The van der Waals surface area contributed by atoms with Crippen molar-refractivity contribution in [1.82, 2.24) is 10.6 Å². The summed E-state index contributed by atoms with van der Waals surface area (Å²) in [6, 6.07) is 7.35. The van der Waals surface area contributed by atoms with Gasteiger partial charge in [0.05, 0.1) is 6.42 Å². The average Bonchev–Trinajstić information content (AvgIpc) is 2.30. The monoisotopic (exact) mass is 268 g/mol. The molecule has 0 aliphatic heterocycles. The van der Waals surface area contributed by atoms with Crippen LogP contribution in [-0.4, -0.2) is 26.0 Å². The van der Waals surface area contributed by atoms with Crippen LogP contribution in [0.4, 0.5) is 0 Å². The minimum atomic E-state index is 0.0431. The molecular formula is C14H21ClN2O. The Morgan fingerprint density at radius 1 is 1.22 bits per heavy atom. The third-order valence-corrected chi connectivity index (χ3v) is 2.95. The fraction of sp³-hybridized carbons (Fsp3) is 0.500. The zero-order valence-corrected chi connectivity index (χ0v) is 12.0. The van der Waals surface area contributed by atoms with E-state index in [0.29, 0.717) is 18.0 Å². The van der Waals surface area contributed by atoms with Gasteiger partial charge in [-0.1, -0.05) is 37.6 Å². The van der Waals surface area contributed by atoms with E-state index in [1.165, 1.54) is 0 Å². The molecule has 0 fully saturated rings. The van der Waals surface area contributed by atoms with Crippen LogP contribution < -0.4 is 10.6 Å². The van der Waals surface area contributed by atoms with Crippen molar-refractivity contribution in [2.24, 2.45) is 5.41 Å². The molecule has 0 radical (unpaired) electrons. The Hall–Kier alpha value is -1.06. The van der Waals surface area contributed by atoms with Gasteiger partial charge in [-0.2, -0.15) is 0 Å². The van der Waals surface area contributed by atoms with E-state index >= 15 is 0 Å². The third-order valence-electron chi connectivity index (χ3n) is 2.70. The molecule has 1 rings (SSSR count). The van der Waals surface area contributed by atoms with Gasteiger partial charge in [0.2, 0.25) is 5.91 Å².